The molecule has 260 valence electrons. The van der Waals surface area contributed by atoms with Crippen molar-refractivity contribution in [2.45, 2.75) is 106 Å². The van der Waals surface area contributed by atoms with Crippen LogP contribution in [0.5, 0.6) is 5.75 Å². The fourth-order valence-electron chi connectivity index (χ4n) is 7.56. The molecule has 4 atom stereocenters. The minimum atomic E-state index is -3.77. The third-order valence-corrected chi connectivity index (χ3v) is 14.8. The molecule has 0 N–H and O–H groups in total. The normalized spacial score (nSPS) is 24.2. The summed E-state index contributed by atoms with van der Waals surface area (Å²) in [5.74, 6) is -0.739. The highest BCUT2D eigenvalue weighted by atomic mass is 32.2. The first-order chi connectivity index (χ1) is 23.4. The van der Waals surface area contributed by atoms with Crippen LogP contribution >= 0.6 is 11.3 Å². The Hall–Kier alpha value is -3.66. The number of aryl methyl sites for hydroxylation is 1. The molecule has 4 fully saturated rings. The average Bonchev–Trinajstić information content (AvgIpc) is 3.88. The van der Waals surface area contributed by atoms with Gasteiger partial charge in [0.05, 0.1) is 54.5 Å². The third-order valence-electron chi connectivity index (χ3n) is 10.9. The molecule has 0 spiro atoms. The van der Waals surface area contributed by atoms with Crippen LogP contribution in [-0.4, -0.2) is 74.3 Å². The van der Waals surface area contributed by atoms with E-state index >= 15 is 0 Å². The zero-order valence-corrected chi connectivity index (χ0v) is 29.3. The summed E-state index contributed by atoms with van der Waals surface area (Å²) in [5.41, 5.74) is -1.55. The van der Waals surface area contributed by atoms with Gasteiger partial charge in [-0.3, -0.25) is 14.2 Å². The first kappa shape index (κ1) is 32.5. The molecule has 49 heavy (non-hydrogen) atoms. The average molecular weight is 710 g/mol. The van der Waals surface area contributed by atoms with Crippen molar-refractivity contribution in [2.24, 2.45) is 0 Å². The summed E-state index contributed by atoms with van der Waals surface area (Å²) in [5, 5.41) is 9.37. The van der Waals surface area contributed by atoms with E-state index in [1.807, 2.05) is 24.3 Å². The van der Waals surface area contributed by atoms with Gasteiger partial charge in [-0.05, 0) is 71.3 Å². The Morgan fingerprint density at radius 2 is 1.76 bits per heavy atom. The van der Waals surface area contributed by atoms with Crippen LogP contribution in [0, 0.1) is 6.92 Å². The molecule has 13 nitrogen and oxygen atoms in total. The summed E-state index contributed by atoms with van der Waals surface area (Å²) < 4.78 is 46.7. The molecule has 2 saturated heterocycles. The maximum atomic E-state index is 14.8. The fourth-order valence-corrected chi connectivity index (χ4v) is 10.5. The van der Waals surface area contributed by atoms with Gasteiger partial charge in [0.1, 0.15) is 33.0 Å². The molecule has 1 aromatic carbocycles. The first-order valence-electron chi connectivity index (χ1n) is 16.8. The number of sulfone groups is 1. The van der Waals surface area contributed by atoms with Gasteiger partial charge in [-0.15, -0.1) is 4.80 Å². The van der Waals surface area contributed by atoms with Gasteiger partial charge in [-0.1, -0.05) is 29.5 Å². The van der Waals surface area contributed by atoms with Gasteiger partial charge in [0.15, 0.2) is 15.6 Å². The van der Waals surface area contributed by atoms with Crippen LogP contribution < -0.4 is 16.0 Å². The Kier molecular flexibility index (Phi) is 7.78. The number of hydrogen-bond donors (Lipinski definition) is 0. The second-order valence-corrected chi connectivity index (χ2v) is 17.6. The summed E-state index contributed by atoms with van der Waals surface area (Å²) in [7, 11) is -2.18. The van der Waals surface area contributed by atoms with Gasteiger partial charge in [-0.25, -0.2) is 17.8 Å². The monoisotopic (exact) mass is 709 g/mol. The van der Waals surface area contributed by atoms with E-state index in [-0.39, 0.29) is 43.1 Å². The zero-order chi connectivity index (χ0) is 34.3. The first-order valence-corrected chi connectivity index (χ1v) is 19.3. The maximum absolute atomic E-state index is 14.8. The predicted octanol–water partition coefficient (Wildman–Crippen LogP) is 3.62. The summed E-state index contributed by atoms with van der Waals surface area (Å²) in [6.07, 6.45) is 7.32. The van der Waals surface area contributed by atoms with E-state index < -0.39 is 49.0 Å². The zero-order valence-electron chi connectivity index (χ0n) is 27.7. The lowest BCUT2D eigenvalue weighted by Gasteiger charge is -2.32. The molecule has 5 heterocycles. The Balaban J connectivity index is 1.28. The minimum Gasteiger partial charge on any atom is -0.496 e. The van der Waals surface area contributed by atoms with Crippen molar-refractivity contribution >= 4 is 37.2 Å². The number of hydrogen-bond acceptors (Lipinski definition) is 11. The van der Waals surface area contributed by atoms with Crippen molar-refractivity contribution in [3.05, 3.63) is 68.6 Å². The van der Waals surface area contributed by atoms with E-state index in [0.717, 1.165) is 35.8 Å². The van der Waals surface area contributed by atoms with Crippen LogP contribution in [0.15, 0.2) is 46.2 Å². The second-order valence-electron chi connectivity index (χ2n) is 14.1. The van der Waals surface area contributed by atoms with Gasteiger partial charge in [-0.2, -0.15) is 10.2 Å². The van der Waals surface area contributed by atoms with Gasteiger partial charge in [0, 0.05) is 11.1 Å². The van der Waals surface area contributed by atoms with Crippen LogP contribution in [0.3, 0.4) is 0 Å². The van der Waals surface area contributed by atoms with Crippen molar-refractivity contribution in [1.29, 1.82) is 0 Å². The van der Waals surface area contributed by atoms with E-state index in [1.165, 1.54) is 33.1 Å². The quantitative estimate of drug-likeness (QED) is 0.213. The van der Waals surface area contributed by atoms with Gasteiger partial charge < -0.3 is 14.2 Å². The lowest BCUT2D eigenvalue weighted by atomic mass is 10.0. The molecule has 4 aromatic rings. The SMILES string of the molecule is COc1ccccc1[C@H](Cn1c(=O)n(C2(C(=O)CS(=O)(=O)C3(C)CC3)CC2)c(=O)c2c(C)c(-n3nccn3)sc21)OC1C[C@H]2CC[C@@H](C1)O2. The van der Waals surface area contributed by atoms with Crippen LogP contribution in [0.2, 0.25) is 0 Å². The minimum absolute atomic E-state index is 0.00917. The predicted molar refractivity (Wildman–Crippen MR) is 181 cm³/mol. The molecule has 4 aliphatic rings. The highest BCUT2D eigenvalue weighted by Crippen LogP contribution is 2.48. The number of nitrogens with zero attached hydrogens (tertiary/aromatic N) is 5. The molecule has 3 aromatic heterocycles. The molecule has 8 rings (SSSR count). The standard InChI is InChI=1S/C34H39N5O8S2/c1-20-28-29(41)38(34(12-13-34)27(40)19-49(43,44)33(2)10-11-33)32(42)37(31(28)48-30(20)39-35-14-15-36-39)18-26(24-6-4-5-7-25(24)45-3)47-23-16-21-8-9-22(17-23)46-21/h4-7,14-15,21-23,26H,8-13,16-19H2,1-3H3/t21-,22+,23?,26-/m0/s1. The van der Waals surface area contributed by atoms with E-state index in [2.05, 4.69) is 10.2 Å². The number of carbonyl (C=O) groups is 1. The fraction of sp³-hybridized carbons (Fsp3) is 0.559. The summed E-state index contributed by atoms with van der Waals surface area (Å²) in [4.78, 5) is 45.0. The van der Waals surface area contributed by atoms with E-state index in [4.69, 9.17) is 14.2 Å². The van der Waals surface area contributed by atoms with Crippen molar-refractivity contribution in [3.63, 3.8) is 0 Å². The number of fused-ring (bicyclic) bond motifs is 3. The number of rotatable bonds is 12. The van der Waals surface area contributed by atoms with Crippen LogP contribution in [-0.2, 0) is 36.2 Å². The number of methoxy groups -OCH3 is 1. The van der Waals surface area contributed by atoms with Gasteiger partial charge in [0.2, 0.25) is 0 Å². The molecule has 2 saturated carbocycles. The smallest absolute Gasteiger partial charge is 0.333 e. The van der Waals surface area contributed by atoms with Crippen LogP contribution in [0.25, 0.3) is 15.2 Å². The molecular formula is C34H39N5O8S2. The Labute approximate surface area is 286 Å². The summed E-state index contributed by atoms with van der Waals surface area (Å²) in [6.45, 7) is 3.42. The second kappa shape index (κ2) is 11.7. The number of carbonyl (C=O) groups excluding carboxylic acids is 1. The largest absolute Gasteiger partial charge is 0.496 e. The molecule has 0 amide bonds. The number of Topliss-reactive ketones (excluding diaryl/α,β-unsaturated/α-hetero) is 1. The summed E-state index contributed by atoms with van der Waals surface area (Å²) >= 11 is 1.21. The highest BCUT2D eigenvalue weighted by molar-refractivity contribution is 7.93. The van der Waals surface area contributed by atoms with Crippen molar-refractivity contribution in [2.75, 3.05) is 12.9 Å². The van der Waals surface area contributed by atoms with Crippen LogP contribution in [0.1, 0.15) is 75.5 Å². The maximum Gasteiger partial charge on any atom is 0.333 e. The van der Waals surface area contributed by atoms with E-state index in [1.54, 1.807) is 21.0 Å². The van der Waals surface area contributed by atoms with E-state index in [0.29, 0.717) is 34.0 Å². The number of aromatic nitrogens is 5. The molecule has 15 heteroatoms. The van der Waals surface area contributed by atoms with Gasteiger partial charge in [0.25, 0.3) is 5.56 Å². The molecule has 1 unspecified atom stereocenters. The molecule has 2 bridgehead atoms. The lowest BCUT2D eigenvalue weighted by Crippen LogP contribution is -2.50. The highest BCUT2D eigenvalue weighted by Gasteiger charge is 2.58. The topological polar surface area (TPSA) is 154 Å². The van der Waals surface area contributed by atoms with Crippen molar-refractivity contribution < 1.29 is 27.4 Å². The van der Waals surface area contributed by atoms with Crippen molar-refractivity contribution in [3.8, 4) is 10.8 Å². The molecule has 0 radical (unpaired) electrons. The molecule has 2 aliphatic heterocycles. The third kappa shape index (κ3) is 5.40. The lowest BCUT2D eigenvalue weighted by molar-refractivity contribution is -0.121. The Morgan fingerprint density at radius 3 is 2.39 bits per heavy atom. The Bertz CT molecular complexity index is 2170. The number of thiophene rings is 1. The number of benzene rings is 1. The number of ketones is 1. The number of ether oxygens (including phenoxy) is 3. The van der Waals surface area contributed by atoms with Crippen molar-refractivity contribution in [1.82, 2.24) is 24.1 Å². The Morgan fingerprint density at radius 1 is 1.08 bits per heavy atom. The molecular weight excluding hydrogens is 671 g/mol. The summed E-state index contributed by atoms with van der Waals surface area (Å²) in [6, 6.07) is 7.50. The van der Waals surface area contributed by atoms with Gasteiger partial charge >= 0.3 is 5.69 Å². The number of para-hydroxylation sites is 1. The van der Waals surface area contributed by atoms with Crippen LogP contribution in [0.4, 0.5) is 0 Å². The van der Waals surface area contributed by atoms with E-state index in [9.17, 15) is 22.8 Å². The molecule has 2 aliphatic carbocycles.